The van der Waals surface area contributed by atoms with Crippen molar-refractivity contribution in [3.8, 4) is 23.0 Å². The summed E-state index contributed by atoms with van der Waals surface area (Å²) in [6.07, 6.45) is 1.82. The van der Waals surface area contributed by atoms with Gasteiger partial charge in [-0.3, -0.25) is 24.3 Å². The van der Waals surface area contributed by atoms with Crippen LogP contribution in [0.4, 0.5) is 5.69 Å². The van der Waals surface area contributed by atoms with Gasteiger partial charge in [0.05, 0.1) is 36.4 Å². The third-order valence-electron chi connectivity index (χ3n) is 5.26. The zero-order chi connectivity index (χ0) is 25.7. The van der Waals surface area contributed by atoms with E-state index >= 15 is 0 Å². The van der Waals surface area contributed by atoms with Crippen LogP contribution in [-0.4, -0.2) is 44.9 Å². The lowest BCUT2D eigenvalue weighted by atomic mass is 10.2. The molecule has 0 N–H and O–H groups in total. The Labute approximate surface area is 203 Å². The van der Waals surface area contributed by atoms with Gasteiger partial charge in [0.15, 0.2) is 18.1 Å². The summed E-state index contributed by atoms with van der Waals surface area (Å²) in [5, 5.41) is 18.8. The number of hydrogen-bond acceptors (Lipinski definition) is 11. The van der Waals surface area contributed by atoms with Gasteiger partial charge in [-0.05, 0) is 24.6 Å². The Morgan fingerprint density at radius 1 is 1.11 bits per heavy atom. The van der Waals surface area contributed by atoms with Gasteiger partial charge in [-0.1, -0.05) is 0 Å². The highest BCUT2D eigenvalue weighted by Gasteiger charge is 2.14. The van der Waals surface area contributed by atoms with E-state index in [0.29, 0.717) is 34.4 Å². The van der Waals surface area contributed by atoms with Crippen LogP contribution >= 0.6 is 0 Å². The highest BCUT2D eigenvalue weighted by atomic mass is 16.6. The first-order valence-electron chi connectivity index (χ1n) is 10.7. The largest absolute Gasteiger partial charge is 0.493 e. The predicted molar refractivity (Wildman–Crippen MR) is 125 cm³/mol. The summed E-state index contributed by atoms with van der Waals surface area (Å²) in [6, 6.07) is 8.81. The first-order valence-corrected chi connectivity index (χ1v) is 10.7. The number of rotatable bonds is 10. The maximum Gasteiger partial charge on any atom is 0.306 e. The first kappa shape index (κ1) is 24.3. The lowest BCUT2D eigenvalue weighted by Crippen LogP contribution is -2.21. The van der Waals surface area contributed by atoms with Gasteiger partial charge in [-0.15, -0.1) is 10.2 Å². The van der Waals surface area contributed by atoms with Gasteiger partial charge in [-0.2, -0.15) is 0 Å². The molecule has 0 unspecified atom stereocenters. The van der Waals surface area contributed by atoms with Crippen LogP contribution in [-0.2, 0) is 22.7 Å². The average Bonchev–Trinajstić information content (AvgIpc) is 3.37. The SMILES string of the molecule is COc1cc2ncn(CCCC(=O)OCc3nnc(-c4ccc([N+](=O)[O-])cc4)o3)c(=O)c2cc1OC. The van der Waals surface area contributed by atoms with Crippen LogP contribution in [0.2, 0.25) is 0 Å². The zero-order valence-electron chi connectivity index (χ0n) is 19.4. The Morgan fingerprint density at radius 2 is 1.83 bits per heavy atom. The molecule has 36 heavy (non-hydrogen) atoms. The average molecular weight is 495 g/mol. The van der Waals surface area contributed by atoms with E-state index in [0.717, 1.165) is 0 Å². The Balaban J connectivity index is 1.30. The first-order chi connectivity index (χ1) is 17.4. The summed E-state index contributed by atoms with van der Waals surface area (Å²) < 4.78 is 22.5. The van der Waals surface area contributed by atoms with E-state index < -0.39 is 10.9 Å². The van der Waals surface area contributed by atoms with Gasteiger partial charge < -0.3 is 18.6 Å². The zero-order valence-corrected chi connectivity index (χ0v) is 19.4. The van der Waals surface area contributed by atoms with Gasteiger partial charge >= 0.3 is 5.97 Å². The molecular formula is C23H21N5O8. The summed E-state index contributed by atoms with van der Waals surface area (Å²) in [6.45, 7) is 0.0357. The molecule has 13 nitrogen and oxygen atoms in total. The van der Waals surface area contributed by atoms with Crippen LogP contribution in [0, 0.1) is 10.1 Å². The van der Waals surface area contributed by atoms with Crippen LogP contribution in [0.1, 0.15) is 18.7 Å². The van der Waals surface area contributed by atoms with Crippen LogP contribution in [0.5, 0.6) is 11.5 Å². The molecule has 0 aliphatic heterocycles. The van der Waals surface area contributed by atoms with Crippen molar-refractivity contribution in [2.45, 2.75) is 26.0 Å². The Bertz CT molecular complexity index is 1460. The number of nitrogens with zero attached hydrogens (tertiary/aromatic N) is 5. The minimum absolute atomic E-state index is 0.0553. The van der Waals surface area contributed by atoms with Crippen LogP contribution in [0.25, 0.3) is 22.4 Å². The number of nitro groups is 1. The quantitative estimate of drug-likeness (QED) is 0.181. The third kappa shape index (κ3) is 5.29. The molecule has 0 spiro atoms. The van der Waals surface area contributed by atoms with Crippen LogP contribution in [0.15, 0.2) is 51.9 Å². The fraction of sp³-hybridized carbons (Fsp3) is 0.261. The maximum atomic E-state index is 12.8. The molecule has 4 rings (SSSR count). The summed E-state index contributed by atoms with van der Waals surface area (Å²) in [5.74, 6) is 0.615. The second kappa shape index (κ2) is 10.6. The van der Waals surface area contributed by atoms with Gasteiger partial charge in [0.25, 0.3) is 17.1 Å². The maximum absolute atomic E-state index is 12.8. The normalized spacial score (nSPS) is 10.8. The van der Waals surface area contributed by atoms with Crippen LogP contribution < -0.4 is 15.0 Å². The molecule has 2 heterocycles. The van der Waals surface area contributed by atoms with Crippen molar-refractivity contribution < 1.29 is 28.3 Å². The fourth-order valence-electron chi connectivity index (χ4n) is 3.41. The van der Waals surface area contributed by atoms with E-state index in [9.17, 15) is 19.7 Å². The molecule has 0 saturated carbocycles. The minimum atomic E-state index is -0.510. The number of methoxy groups -OCH3 is 2. The molecule has 0 radical (unpaired) electrons. The summed E-state index contributed by atoms with van der Waals surface area (Å²) >= 11 is 0. The highest BCUT2D eigenvalue weighted by Crippen LogP contribution is 2.29. The van der Waals surface area contributed by atoms with Crippen molar-refractivity contribution in [2.24, 2.45) is 0 Å². The second-order valence-corrected chi connectivity index (χ2v) is 7.54. The number of carbonyl (C=O) groups is 1. The Kier molecular flexibility index (Phi) is 7.18. The number of fused-ring (bicyclic) bond motifs is 1. The number of carbonyl (C=O) groups excluding carboxylic acids is 1. The molecule has 13 heteroatoms. The molecule has 2 aromatic heterocycles. The molecule has 2 aromatic carbocycles. The van der Waals surface area contributed by atoms with E-state index in [1.54, 1.807) is 12.1 Å². The van der Waals surface area contributed by atoms with Crippen molar-refractivity contribution in [2.75, 3.05) is 14.2 Å². The molecule has 0 fully saturated rings. The number of non-ortho nitro benzene ring substituents is 1. The molecule has 0 aliphatic carbocycles. The van der Waals surface area contributed by atoms with Gasteiger partial charge in [0.1, 0.15) is 0 Å². The molecular weight excluding hydrogens is 474 g/mol. The van der Waals surface area contributed by atoms with E-state index in [2.05, 4.69) is 15.2 Å². The topological polar surface area (TPSA) is 162 Å². The molecule has 186 valence electrons. The van der Waals surface area contributed by atoms with E-state index in [4.69, 9.17) is 18.6 Å². The summed E-state index contributed by atoms with van der Waals surface area (Å²) in [5.41, 5.74) is 0.644. The van der Waals surface area contributed by atoms with Crippen molar-refractivity contribution in [3.05, 3.63) is 69.1 Å². The molecule has 0 atom stereocenters. The van der Waals surface area contributed by atoms with E-state index in [-0.39, 0.29) is 42.6 Å². The van der Waals surface area contributed by atoms with E-state index in [1.165, 1.54) is 49.4 Å². The van der Waals surface area contributed by atoms with Gasteiger partial charge in [0, 0.05) is 36.7 Å². The number of ether oxygens (including phenoxy) is 3. The number of nitro benzene ring substituents is 1. The molecule has 0 bridgehead atoms. The molecule has 0 aliphatic rings. The van der Waals surface area contributed by atoms with Crippen LogP contribution in [0.3, 0.4) is 0 Å². The van der Waals surface area contributed by atoms with Crippen molar-refractivity contribution >= 4 is 22.6 Å². The number of hydrogen-bond donors (Lipinski definition) is 0. The lowest BCUT2D eigenvalue weighted by Gasteiger charge is -2.10. The highest BCUT2D eigenvalue weighted by molar-refractivity contribution is 5.81. The number of esters is 1. The minimum Gasteiger partial charge on any atom is -0.493 e. The monoisotopic (exact) mass is 495 g/mol. The molecule has 0 amide bonds. The Hall–Kier alpha value is -4.81. The lowest BCUT2D eigenvalue weighted by molar-refractivity contribution is -0.384. The van der Waals surface area contributed by atoms with Crippen molar-refractivity contribution in [1.29, 1.82) is 0 Å². The van der Waals surface area contributed by atoms with Gasteiger partial charge in [0.2, 0.25) is 5.89 Å². The predicted octanol–water partition coefficient (Wildman–Crippen LogP) is 2.90. The Morgan fingerprint density at radius 3 is 2.53 bits per heavy atom. The molecule has 4 aromatic rings. The number of aromatic nitrogens is 4. The van der Waals surface area contributed by atoms with E-state index in [1.807, 2.05) is 0 Å². The smallest absolute Gasteiger partial charge is 0.306 e. The fourth-order valence-corrected chi connectivity index (χ4v) is 3.41. The van der Waals surface area contributed by atoms with Crippen molar-refractivity contribution in [3.63, 3.8) is 0 Å². The summed E-state index contributed by atoms with van der Waals surface area (Å²) in [7, 11) is 2.98. The van der Waals surface area contributed by atoms with Crippen molar-refractivity contribution in [1.82, 2.24) is 19.7 Å². The molecule has 0 saturated heterocycles. The number of aryl methyl sites for hydroxylation is 1. The third-order valence-corrected chi connectivity index (χ3v) is 5.26. The van der Waals surface area contributed by atoms with Gasteiger partial charge in [-0.25, -0.2) is 4.98 Å². The standard InChI is InChI=1S/C23H21N5O8/c1-33-18-10-16-17(11-19(18)34-2)24-13-27(23(16)30)9-3-4-21(29)35-12-20-25-26-22(36-20)14-5-7-15(8-6-14)28(31)32/h5-8,10-11,13H,3-4,9,12H2,1-2H3. The summed E-state index contributed by atoms with van der Waals surface area (Å²) in [4.78, 5) is 39.5. The number of benzene rings is 2. The second-order valence-electron chi connectivity index (χ2n) is 7.54.